The predicted octanol–water partition coefficient (Wildman–Crippen LogP) is 0.826. The average Bonchev–Trinajstić information content (AvgIpc) is 3.11. The van der Waals surface area contributed by atoms with Crippen LogP contribution in [0.4, 0.5) is 5.82 Å². The predicted molar refractivity (Wildman–Crippen MR) is 97.8 cm³/mol. The Morgan fingerprint density at radius 1 is 1.48 bits per heavy atom. The van der Waals surface area contributed by atoms with E-state index < -0.39 is 11.5 Å². The molecule has 1 amide bonds. The fourth-order valence-electron chi connectivity index (χ4n) is 3.26. The van der Waals surface area contributed by atoms with E-state index >= 15 is 0 Å². The first-order chi connectivity index (χ1) is 12.9. The van der Waals surface area contributed by atoms with Gasteiger partial charge in [0.1, 0.15) is 17.4 Å². The summed E-state index contributed by atoms with van der Waals surface area (Å²) in [4.78, 5) is 17.9. The number of pyridine rings is 1. The lowest BCUT2D eigenvalue weighted by Crippen LogP contribution is -2.50. The van der Waals surface area contributed by atoms with Gasteiger partial charge in [-0.2, -0.15) is 5.26 Å². The first-order valence-electron chi connectivity index (χ1n) is 8.97. The molecule has 3 heterocycles. The summed E-state index contributed by atoms with van der Waals surface area (Å²) in [5.74, 6) is -0.359. The molecule has 1 aliphatic heterocycles. The van der Waals surface area contributed by atoms with Crippen molar-refractivity contribution in [2.45, 2.75) is 38.3 Å². The van der Waals surface area contributed by atoms with E-state index in [4.69, 9.17) is 11.0 Å². The highest BCUT2D eigenvalue weighted by molar-refractivity contribution is 5.81. The Kier molecular flexibility index (Phi) is 5.37. The number of carbonyl (C=O) groups excluding carboxylic acids is 1. The normalized spacial score (nSPS) is 17.3. The molecule has 3 rings (SSSR count). The molecule has 0 saturated carbocycles. The lowest BCUT2D eigenvalue weighted by atomic mass is 9.90. The van der Waals surface area contributed by atoms with Gasteiger partial charge in [-0.1, -0.05) is 12.1 Å². The van der Waals surface area contributed by atoms with Crippen LogP contribution in [0, 0.1) is 17.2 Å². The molecule has 27 heavy (non-hydrogen) atoms. The average molecular weight is 369 g/mol. The monoisotopic (exact) mass is 369 g/mol. The van der Waals surface area contributed by atoms with Crippen molar-refractivity contribution >= 4 is 11.7 Å². The zero-order valence-electron chi connectivity index (χ0n) is 15.2. The van der Waals surface area contributed by atoms with Gasteiger partial charge in [-0.25, -0.2) is 9.67 Å². The van der Waals surface area contributed by atoms with Gasteiger partial charge >= 0.3 is 0 Å². The third-order valence-corrected chi connectivity index (χ3v) is 4.94. The third kappa shape index (κ3) is 4.23. The summed E-state index contributed by atoms with van der Waals surface area (Å²) < 4.78 is 1.60. The number of hydrogen-bond acceptors (Lipinski definition) is 7. The maximum Gasteiger partial charge on any atom is 0.239 e. The van der Waals surface area contributed by atoms with Crippen LogP contribution in [0.1, 0.15) is 26.2 Å². The molecule has 1 aliphatic rings. The van der Waals surface area contributed by atoms with Crippen molar-refractivity contribution < 1.29 is 9.90 Å². The molecule has 0 aliphatic carbocycles. The van der Waals surface area contributed by atoms with Crippen LogP contribution >= 0.6 is 0 Å². The molecular weight excluding hydrogens is 346 g/mol. The van der Waals surface area contributed by atoms with Crippen molar-refractivity contribution in [2.75, 3.05) is 18.8 Å². The van der Waals surface area contributed by atoms with E-state index in [1.807, 2.05) is 13.0 Å². The van der Waals surface area contributed by atoms with Crippen LogP contribution in [0.2, 0.25) is 0 Å². The highest BCUT2D eigenvalue weighted by atomic mass is 16.3. The van der Waals surface area contributed by atoms with Crippen LogP contribution in [-0.2, 0) is 11.3 Å². The molecule has 1 unspecified atom stereocenters. The van der Waals surface area contributed by atoms with Crippen molar-refractivity contribution in [3.8, 4) is 17.3 Å². The molecule has 142 valence electrons. The zero-order chi connectivity index (χ0) is 19.4. The number of hydrogen-bond donors (Lipinski definition) is 2. The molecule has 2 aromatic rings. The number of amides is 1. The van der Waals surface area contributed by atoms with Crippen molar-refractivity contribution in [3.05, 3.63) is 24.5 Å². The fourth-order valence-corrected chi connectivity index (χ4v) is 3.26. The number of nitriles is 1. The van der Waals surface area contributed by atoms with Crippen LogP contribution in [-0.4, -0.2) is 54.6 Å². The Hall–Kier alpha value is -2.99. The summed E-state index contributed by atoms with van der Waals surface area (Å²) in [6.07, 6.45) is 4.72. The van der Waals surface area contributed by atoms with Crippen molar-refractivity contribution in [2.24, 2.45) is 5.92 Å². The molecule has 1 saturated heterocycles. The second-order valence-electron chi connectivity index (χ2n) is 6.91. The van der Waals surface area contributed by atoms with Gasteiger partial charge in [-0.15, -0.1) is 5.10 Å². The molecule has 1 atom stereocenters. The van der Waals surface area contributed by atoms with Crippen LogP contribution in [0.3, 0.4) is 0 Å². The smallest absolute Gasteiger partial charge is 0.239 e. The minimum atomic E-state index is -0.965. The van der Waals surface area contributed by atoms with Gasteiger partial charge in [0.05, 0.1) is 24.4 Å². The molecule has 0 bridgehead atoms. The lowest BCUT2D eigenvalue weighted by molar-refractivity contribution is -0.138. The summed E-state index contributed by atoms with van der Waals surface area (Å²) >= 11 is 0. The number of rotatable bonds is 5. The molecule has 2 aromatic heterocycles. The number of carbonyl (C=O) groups is 1. The number of piperidine rings is 1. The van der Waals surface area contributed by atoms with Gasteiger partial charge in [0.25, 0.3) is 0 Å². The summed E-state index contributed by atoms with van der Waals surface area (Å²) in [5, 5.41) is 28.2. The number of aliphatic hydroxyl groups is 1. The Labute approximate surface area is 157 Å². The van der Waals surface area contributed by atoms with Crippen molar-refractivity contribution in [1.29, 1.82) is 5.26 Å². The van der Waals surface area contributed by atoms with Crippen LogP contribution in [0.5, 0.6) is 0 Å². The molecule has 9 nitrogen and oxygen atoms in total. The van der Waals surface area contributed by atoms with Gasteiger partial charge in [0, 0.05) is 24.8 Å². The number of nitrogens with two attached hydrogens (primary N) is 1. The lowest BCUT2D eigenvalue weighted by Gasteiger charge is -2.38. The largest absolute Gasteiger partial charge is 0.388 e. The summed E-state index contributed by atoms with van der Waals surface area (Å²) in [7, 11) is 0. The highest BCUT2D eigenvalue weighted by Gasteiger charge is 2.36. The maximum atomic E-state index is 12.3. The first kappa shape index (κ1) is 18.8. The van der Waals surface area contributed by atoms with Crippen molar-refractivity contribution in [1.82, 2.24) is 24.9 Å². The highest BCUT2D eigenvalue weighted by Crippen LogP contribution is 2.26. The van der Waals surface area contributed by atoms with Crippen LogP contribution < -0.4 is 5.73 Å². The minimum absolute atomic E-state index is 0.152. The maximum absolute atomic E-state index is 12.3. The topological polar surface area (TPSA) is 134 Å². The number of anilines is 1. The zero-order valence-corrected chi connectivity index (χ0v) is 15.2. The van der Waals surface area contributed by atoms with E-state index in [0.717, 1.165) is 5.56 Å². The Morgan fingerprint density at radius 2 is 2.22 bits per heavy atom. The van der Waals surface area contributed by atoms with E-state index in [0.29, 0.717) is 43.9 Å². The molecule has 0 aromatic carbocycles. The number of nitrogen functional groups attached to an aromatic ring is 1. The van der Waals surface area contributed by atoms with E-state index in [2.05, 4.69) is 15.3 Å². The molecule has 3 N–H and O–H groups in total. The van der Waals surface area contributed by atoms with Gasteiger partial charge in [0.2, 0.25) is 5.91 Å². The SMILES string of the molecule is CCC(C#N)C(=O)N1CCC(O)(Cn2cc(-c3ccnc(N)c3)nn2)CC1. The fraction of sp³-hybridized carbons (Fsp3) is 0.500. The molecule has 9 heteroatoms. The quantitative estimate of drug-likeness (QED) is 0.797. The molecule has 0 spiro atoms. The summed E-state index contributed by atoms with van der Waals surface area (Å²) in [5.41, 5.74) is 6.19. The molecule has 1 fully saturated rings. The third-order valence-electron chi connectivity index (χ3n) is 4.94. The Balaban J connectivity index is 1.62. The number of likely N-dealkylation sites (tertiary alicyclic amines) is 1. The Morgan fingerprint density at radius 3 is 2.85 bits per heavy atom. The minimum Gasteiger partial charge on any atom is -0.388 e. The summed E-state index contributed by atoms with van der Waals surface area (Å²) in [6, 6.07) is 5.55. The summed E-state index contributed by atoms with van der Waals surface area (Å²) in [6.45, 7) is 2.97. The number of nitrogens with zero attached hydrogens (tertiary/aromatic N) is 6. The Bertz CT molecular complexity index is 849. The van der Waals surface area contributed by atoms with Gasteiger partial charge in [0.15, 0.2) is 0 Å². The first-order valence-corrected chi connectivity index (χ1v) is 8.97. The second-order valence-corrected chi connectivity index (χ2v) is 6.91. The van der Waals surface area contributed by atoms with E-state index in [1.54, 1.807) is 34.1 Å². The van der Waals surface area contributed by atoms with Crippen LogP contribution in [0.15, 0.2) is 24.5 Å². The van der Waals surface area contributed by atoms with Gasteiger partial charge in [-0.05, 0) is 31.4 Å². The van der Waals surface area contributed by atoms with E-state index in [9.17, 15) is 9.90 Å². The standard InChI is InChI=1S/C18H23N7O2/c1-2-13(10-19)17(26)24-7-4-18(27,5-8-24)12-25-11-15(22-23-25)14-3-6-21-16(20)9-14/h3,6,9,11,13,27H,2,4-5,7-8,12H2,1H3,(H2,20,21). The van der Waals surface area contributed by atoms with Gasteiger partial charge in [-0.3, -0.25) is 4.79 Å². The van der Waals surface area contributed by atoms with Crippen LogP contribution in [0.25, 0.3) is 11.3 Å². The van der Waals surface area contributed by atoms with E-state index in [-0.39, 0.29) is 12.5 Å². The molecule has 0 radical (unpaired) electrons. The second kappa shape index (κ2) is 7.72. The van der Waals surface area contributed by atoms with Crippen molar-refractivity contribution in [3.63, 3.8) is 0 Å². The molecular formula is C18H23N7O2. The number of aromatic nitrogens is 4. The van der Waals surface area contributed by atoms with E-state index in [1.165, 1.54) is 0 Å². The van der Waals surface area contributed by atoms with Gasteiger partial charge < -0.3 is 15.7 Å².